The van der Waals surface area contributed by atoms with Crippen LogP contribution in [0.1, 0.15) is 49.4 Å². The van der Waals surface area contributed by atoms with Gasteiger partial charge in [-0.1, -0.05) is 25.5 Å². The molecule has 1 fully saturated rings. The van der Waals surface area contributed by atoms with Gasteiger partial charge in [0.05, 0.1) is 18.8 Å². The Morgan fingerprint density at radius 1 is 1.00 bits per heavy atom. The number of likely N-dealkylation sites (tertiary alicyclic amines) is 1. The lowest BCUT2D eigenvalue weighted by Crippen LogP contribution is -2.35. The zero-order valence-corrected chi connectivity index (χ0v) is 17.7. The number of carbonyl (C=O) groups is 2. The second-order valence-corrected chi connectivity index (χ2v) is 7.53. The van der Waals surface area contributed by atoms with Crippen molar-refractivity contribution in [1.29, 1.82) is 0 Å². The van der Waals surface area contributed by atoms with Gasteiger partial charge >= 0.3 is 0 Å². The van der Waals surface area contributed by atoms with Gasteiger partial charge in [0.2, 0.25) is 5.91 Å². The van der Waals surface area contributed by atoms with Crippen molar-refractivity contribution in [2.75, 3.05) is 36.9 Å². The fourth-order valence-corrected chi connectivity index (χ4v) is 3.42. The van der Waals surface area contributed by atoms with Crippen molar-refractivity contribution >= 4 is 23.2 Å². The van der Waals surface area contributed by atoms with Crippen molar-refractivity contribution in [2.45, 2.75) is 39.0 Å². The zero-order valence-electron chi connectivity index (χ0n) is 17.7. The van der Waals surface area contributed by atoms with Crippen LogP contribution in [0.5, 0.6) is 5.75 Å². The number of unbranched alkanes of at least 4 members (excludes halogenated alkanes) is 1. The van der Waals surface area contributed by atoms with E-state index in [1.54, 1.807) is 24.3 Å². The Kier molecular flexibility index (Phi) is 8.12. The summed E-state index contributed by atoms with van der Waals surface area (Å²) in [5.41, 5.74) is 2.13. The Bertz CT molecular complexity index is 830. The fraction of sp³-hybridized carbons (Fsp3) is 0.417. The third-order valence-electron chi connectivity index (χ3n) is 5.14. The highest BCUT2D eigenvalue weighted by molar-refractivity contribution is 5.96. The van der Waals surface area contributed by atoms with Crippen LogP contribution in [-0.4, -0.2) is 43.0 Å². The molecule has 0 unspecified atom stereocenters. The Morgan fingerprint density at radius 3 is 2.47 bits per heavy atom. The van der Waals surface area contributed by atoms with Crippen molar-refractivity contribution in [1.82, 2.24) is 4.90 Å². The standard InChI is InChI=1S/C24H31N3O3/c1-2-3-17-30-22-10-6-5-9-21(22)25-18-23(28)26-20-13-11-19(12-14-20)24(29)27-15-7-4-8-16-27/h5-6,9-14,25H,2-4,7-8,15-18H2,1H3,(H,26,28). The number of anilines is 2. The summed E-state index contributed by atoms with van der Waals surface area (Å²) in [6.07, 6.45) is 5.39. The molecule has 1 heterocycles. The van der Waals surface area contributed by atoms with Crippen LogP contribution < -0.4 is 15.4 Å². The Morgan fingerprint density at radius 2 is 1.73 bits per heavy atom. The van der Waals surface area contributed by atoms with Crippen molar-refractivity contribution in [3.63, 3.8) is 0 Å². The van der Waals surface area contributed by atoms with Crippen LogP contribution in [0.15, 0.2) is 48.5 Å². The molecule has 2 aromatic rings. The van der Waals surface area contributed by atoms with Crippen LogP contribution in [0.25, 0.3) is 0 Å². The molecule has 6 nitrogen and oxygen atoms in total. The molecule has 0 atom stereocenters. The quantitative estimate of drug-likeness (QED) is 0.597. The molecule has 1 aliphatic rings. The molecular formula is C24H31N3O3. The van der Waals surface area contributed by atoms with E-state index >= 15 is 0 Å². The van der Waals surface area contributed by atoms with E-state index in [4.69, 9.17) is 4.74 Å². The van der Waals surface area contributed by atoms with Crippen LogP contribution in [0, 0.1) is 0 Å². The van der Waals surface area contributed by atoms with Crippen LogP contribution in [0.4, 0.5) is 11.4 Å². The number of benzene rings is 2. The minimum atomic E-state index is -0.159. The van der Waals surface area contributed by atoms with Crippen molar-refractivity contribution in [3.8, 4) is 5.75 Å². The van der Waals surface area contributed by atoms with E-state index in [2.05, 4.69) is 17.6 Å². The lowest BCUT2D eigenvalue weighted by Gasteiger charge is -2.26. The lowest BCUT2D eigenvalue weighted by atomic mass is 10.1. The molecule has 160 valence electrons. The Hall–Kier alpha value is -3.02. The van der Waals surface area contributed by atoms with E-state index in [0.717, 1.165) is 50.2 Å². The monoisotopic (exact) mass is 409 g/mol. The molecule has 0 bridgehead atoms. The van der Waals surface area contributed by atoms with Gasteiger partial charge in [0, 0.05) is 24.3 Å². The predicted molar refractivity (Wildman–Crippen MR) is 120 cm³/mol. The summed E-state index contributed by atoms with van der Waals surface area (Å²) < 4.78 is 5.78. The topological polar surface area (TPSA) is 70.7 Å². The molecule has 0 radical (unpaired) electrons. The van der Waals surface area contributed by atoms with E-state index in [1.807, 2.05) is 29.2 Å². The van der Waals surface area contributed by atoms with Gasteiger partial charge < -0.3 is 20.3 Å². The molecule has 0 aliphatic carbocycles. The third-order valence-corrected chi connectivity index (χ3v) is 5.14. The van der Waals surface area contributed by atoms with Gasteiger partial charge in [-0.3, -0.25) is 9.59 Å². The maximum Gasteiger partial charge on any atom is 0.253 e. The van der Waals surface area contributed by atoms with Gasteiger partial charge in [0.15, 0.2) is 0 Å². The van der Waals surface area contributed by atoms with Gasteiger partial charge in [-0.15, -0.1) is 0 Å². The fourth-order valence-electron chi connectivity index (χ4n) is 3.42. The van der Waals surface area contributed by atoms with Crippen LogP contribution in [-0.2, 0) is 4.79 Å². The van der Waals surface area contributed by atoms with Crippen LogP contribution >= 0.6 is 0 Å². The van der Waals surface area contributed by atoms with E-state index in [1.165, 1.54) is 6.42 Å². The number of amides is 2. The third kappa shape index (κ3) is 6.24. The first kappa shape index (κ1) is 21.7. The maximum absolute atomic E-state index is 12.5. The first-order valence-corrected chi connectivity index (χ1v) is 10.8. The van der Waals surface area contributed by atoms with E-state index < -0.39 is 0 Å². The number of hydrogen-bond donors (Lipinski definition) is 2. The van der Waals surface area contributed by atoms with Gasteiger partial charge in [-0.2, -0.15) is 0 Å². The Balaban J connectivity index is 1.50. The van der Waals surface area contributed by atoms with Gasteiger partial charge in [-0.05, 0) is 62.1 Å². The first-order chi connectivity index (χ1) is 14.7. The molecule has 1 saturated heterocycles. The largest absolute Gasteiger partial charge is 0.491 e. The number of rotatable bonds is 9. The second kappa shape index (κ2) is 11.2. The lowest BCUT2D eigenvalue weighted by molar-refractivity contribution is -0.114. The normalized spacial score (nSPS) is 13.6. The number of nitrogens with one attached hydrogen (secondary N) is 2. The van der Waals surface area contributed by atoms with Crippen molar-refractivity contribution in [2.24, 2.45) is 0 Å². The summed E-state index contributed by atoms with van der Waals surface area (Å²) in [5, 5.41) is 6.00. The molecule has 2 amide bonds. The zero-order chi connectivity index (χ0) is 21.2. The molecular weight excluding hydrogens is 378 g/mol. The van der Waals surface area contributed by atoms with E-state index in [0.29, 0.717) is 17.9 Å². The highest BCUT2D eigenvalue weighted by Crippen LogP contribution is 2.24. The molecule has 3 rings (SSSR count). The van der Waals surface area contributed by atoms with Crippen molar-refractivity contribution < 1.29 is 14.3 Å². The number of nitrogens with zero attached hydrogens (tertiary/aromatic N) is 1. The van der Waals surface area contributed by atoms with Crippen molar-refractivity contribution in [3.05, 3.63) is 54.1 Å². The number of ether oxygens (including phenoxy) is 1. The highest BCUT2D eigenvalue weighted by atomic mass is 16.5. The molecule has 30 heavy (non-hydrogen) atoms. The molecule has 2 N–H and O–H groups in total. The van der Waals surface area contributed by atoms with Crippen LogP contribution in [0.3, 0.4) is 0 Å². The summed E-state index contributed by atoms with van der Waals surface area (Å²) >= 11 is 0. The molecule has 2 aromatic carbocycles. The number of para-hydroxylation sites is 2. The Labute approximate surface area is 178 Å². The van der Waals surface area contributed by atoms with Crippen LogP contribution in [0.2, 0.25) is 0 Å². The molecule has 0 saturated carbocycles. The highest BCUT2D eigenvalue weighted by Gasteiger charge is 2.18. The molecule has 1 aliphatic heterocycles. The van der Waals surface area contributed by atoms with Gasteiger partial charge in [0.25, 0.3) is 5.91 Å². The summed E-state index contributed by atoms with van der Waals surface area (Å²) in [4.78, 5) is 26.8. The minimum absolute atomic E-state index is 0.0638. The van der Waals surface area contributed by atoms with E-state index in [9.17, 15) is 9.59 Å². The average molecular weight is 410 g/mol. The SMILES string of the molecule is CCCCOc1ccccc1NCC(=O)Nc1ccc(C(=O)N2CCCCC2)cc1. The summed E-state index contributed by atoms with van der Waals surface area (Å²) in [7, 11) is 0. The average Bonchev–Trinajstić information content (AvgIpc) is 2.79. The van der Waals surface area contributed by atoms with Gasteiger partial charge in [0.1, 0.15) is 5.75 Å². The summed E-state index contributed by atoms with van der Waals surface area (Å²) in [6, 6.07) is 14.7. The summed E-state index contributed by atoms with van der Waals surface area (Å²) in [5.74, 6) is 0.654. The van der Waals surface area contributed by atoms with E-state index in [-0.39, 0.29) is 18.4 Å². The smallest absolute Gasteiger partial charge is 0.253 e. The molecule has 0 spiro atoms. The molecule has 6 heteroatoms. The number of hydrogen-bond acceptors (Lipinski definition) is 4. The maximum atomic E-state index is 12.5. The number of carbonyl (C=O) groups excluding carboxylic acids is 2. The minimum Gasteiger partial charge on any atom is -0.491 e. The van der Waals surface area contributed by atoms with Gasteiger partial charge in [-0.25, -0.2) is 0 Å². The molecule has 0 aromatic heterocycles. The summed E-state index contributed by atoms with van der Waals surface area (Å²) in [6.45, 7) is 4.56. The predicted octanol–water partition coefficient (Wildman–Crippen LogP) is 4.54. The first-order valence-electron chi connectivity index (χ1n) is 10.8. The number of piperidine rings is 1. The second-order valence-electron chi connectivity index (χ2n) is 7.53.